The predicted octanol–water partition coefficient (Wildman–Crippen LogP) is 4.32. The Balaban J connectivity index is 2.37. The molecule has 1 aromatic carbocycles. The first-order chi connectivity index (χ1) is 8.06. The van der Waals surface area contributed by atoms with Crippen molar-refractivity contribution in [1.82, 2.24) is 9.97 Å². The van der Waals surface area contributed by atoms with Gasteiger partial charge in [0.15, 0.2) is 5.82 Å². The van der Waals surface area contributed by atoms with Crippen LogP contribution in [0.2, 0.25) is 15.3 Å². The van der Waals surface area contributed by atoms with Gasteiger partial charge in [-0.3, -0.25) is 0 Å². The van der Waals surface area contributed by atoms with E-state index in [0.29, 0.717) is 10.7 Å². The van der Waals surface area contributed by atoms with E-state index >= 15 is 0 Å². The van der Waals surface area contributed by atoms with E-state index < -0.39 is 5.82 Å². The molecule has 0 bridgehead atoms. The number of hydrogen-bond acceptors (Lipinski definition) is 3. The van der Waals surface area contributed by atoms with Gasteiger partial charge in [-0.15, -0.1) is 0 Å². The molecule has 1 N–H and O–H groups in total. The molecule has 7 heteroatoms. The van der Waals surface area contributed by atoms with Crippen LogP contribution in [0.3, 0.4) is 0 Å². The molecule has 1 heterocycles. The van der Waals surface area contributed by atoms with E-state index in [1.807, 2.05) is 0 Å². The Morgan fingerprint density at radius 3 is 2.65 bits per heavy atom. The Bertz CT molecular complexity index is 513. The Kier molecular flexibility index (Phi) is 3.66. The van der Waals surface area contributed by atoms with Crippen LogP contribution in [0.4, 0.5) is 15.9 Å². The largest absolute Gasteiger partial charge is 0.338 e. The lowest BCUT2D eigenvalue weighted by atomic mass is 10.3. The quantitative estimate of drug-likeness (QED) is 0.838. The van der Waals surface area contributed by atoms with E-state index in [4.69, 9.17) is 34.8 Å². The third-order valence-corrected chi connectivity index (χ3v) is 2.68. The number of anilines is 2. The highest BCUT2D eigenvalue weighted by atomic mass is 35.5. The minimum Gasteiger partial charge on any atom is -0.338 e. The van der Waals surface area contributed by atoms with Crippen LogP contribution in [-0.2, 0) is 0 Å². The minimum atomic E-state index is -0.423. The molecule has 1 aromatic heterocycles. The standard InChI is InChI=1S/C10H5Cl3FN3/c11-6-2-1-5(14)3-8(6)16-9-7(12)4-15-10(13)17-9/h1-4H,(H,15,16,17). The first-order valence-electron chi connectivity index (χ1n) is 4.46. The van der Waals surface area contributed by atoms with Crippen molar-refractivity contribution in [3.05, 3.63) is 45.5 Å². The number of rotatable bonds is 2. The summed E-state index contributed by atoms with van der Waals surface area (Å²) in [6.07, 6.45) is 1.34. The first-order valence-corrected chi connectivity index (χ1v) is 5.60. The lowest BCUT2D eigenvalue weighted by molar-refractivity contribution is 0.628. The van der Waals surface area contributed by atoms with Gasteiger partial charge < -0.3 is 5.32 Å². The smallest absolute Gasteiger partial charge is 0.224 e. The van der Waals surface area contributed by atoms with Gasteiger partial charge in [0.25, 0.3) is 0 Å². The molecule has 0 atom stereocenters. The van der Waals surface area contributed by atoms with Crippen LogP contribution >= 0.6 is 34.8 Å². The van der Waals surface area contributed by atoms with E-state index in [-0.39, 0.29) is 16.1 Å². The van der Waals surface area contributed by atoms with Gasteiger partial charge in [-0.25, -0.2) is 9.37 Å². The molecule has 0 radical (unpaired) electrons. The first kappa shape index (κ1) is 12.4. The summed E-state index contributed by atoms with van der Waals surface area (Å²) < 4.78 is 13.0. The molecule has 0 amide bonds. The highest BCUT2D eigenvalue weighted by molar-refractivity contribution is 6.35. The summed E-state index contributed by atoms with van der Waals surface area (Å²) in [5.41, 5.74) is 0.350. The van der Waals surface area contributed by atoms with Crippen molar-refractivity contribution in [3.8, 4) is 0 Å². The fraction of sp³-hybridized carbons (Fsp3) is 0. The maximum atomic E-state index is 13.0. The monoisotopic (exact) mass is 291 g/mol. The van der Waals surface area contributed by atoms with E-state index in [9.17, 15) is 4.39 Å². The molecule has 2 aromatic rings. The van der Waals surface area contributed by atoms with E-state index in [1.54, 1.807) is 0 Å². The summed E-state index contributed by atoms with van der Waals surface area (Å²) in [7, 11) is 0. The molecule has 88 valence electrons. The molecule has 0 spiro atoms. The SMILES string of the molecule is Fc1ccc(Cl)c(Nc2nc(Cl)ncc2Cl)c1. The summed E-state index contributed by atoms with van der Waals surface area (Å²) in [5.74, 6) is -0.160. The van der Waals surface area contributed by atoms with Crippen LogP contribution in [0, 0.1) is 5.82 Å². The number of halogens is 4. The average molecular weight is 293 g/mol. The van der Waals surface area contributed by atoms with Crippen LogP contribution in [-0.4, -0.2) is 9.97 Å². The number of benzene rings is 1. The van der Waals surface area contributed by atoms with E-state index in [0.717, 1.165) is 0 Å². The topological polar surface area (TPSA) is 37.8 Å². The van der Waals surface area contributed by atoms with Gasteiger partial charge in [-0.05, 0) is 29.8 Å². The van der Waals surface area contributed by atoms with Gasteiger partial charge in [-0.2, -0.15) is 4.98 Å². The van der Waals surface area contributed by atoms with Gasteiger partial charge in [-0.1, -0.05) is 23.2 Å². The fourth-order valence-corrected chi connectivity index (χ4v) is 1.59. The van der Waals surface area contributed by atoms with Gasteiger partial charge in [0.2, 0.25) is 5.28 Å². The molecular formula is C10H5Cl3FN3. The van der Waals surface area contributed by atoms with Gasteiger partial charge >= 0.3 is 0 Å². The highest BCUT2D eigenvalue weighted by Gasteiger charge is 2.08. The maximum absolute atomic E-state index is 13.0. The van der Waals surface area contributed by atoms with Crippen molar-refractivity contribution in [2.24, 2.45) is 0 Å². The molecule has 0 unspecified atom stereocenters. The van der Waals surface area contributed by atoms with Crippen LogP contribution < -0.4 is 5.32 Å². The third kappa shape index (κ3) is 2.97. The van der Waals surface area contributed by atoms with Gasteiger partial charge in [0.1, 0.15) is 10.8 Å². The van der Waals surface area contributed by atoms with Crippen LogP contribution in [0.15, 0.2) is 24.4 Å². The Hall–Kier alpha value is -1.10. The molecule has 17 heavy (non-hydrogen) atoms. The third-order valence-electron chi connectivity index (χ3n) is 1.90. The summed E-state index contributed by atoms with van der Waals surface area (Å²) in [6, 6.07) is 3.91. The van der Waals surface area contributed by atoms with Crippen molar-refractivity contribution < 1.29 is 4.39 Å². The maximum Gasteiger partial charge on any atom is 0.224 e. The molecule has 3 nitrogen and oxygen atoms in total. The minimum absolute atomic E-state index is 0.0319. The summed E-state index contributed by atoms with van der Waals surface area (Å²) in [5, 5.41) is 3.42. The summed E-state index contributed by atoms with van der Waals surface area (Å²) >= 11 is 17.4. The lowest BCUT2D eigenvalue weighted by Crippen LogP contribution is -1.97. The number of nitrogens with one attached hydrogen (secondary N) is 1. The van der Waals surface area contributed by atoms with Gasteiger partial charge in [0, 0.05) is 0 Å². The second-order valence-electron chi connectivity index (χ2n) is 3.08. The zero-order chi connectivity index (χ0) is 12.4. The van der Waals surface area contributed by atoms with Crippen molar-refractivity contribution in [2.75, 3.05) is 5.32 Å². The molecule has 0 fully saturated rings. The molecule has 0 aliphatic carbocycles. The molecule has 2 rings (SSSR count). The van der Waals surface area contributed by atoms with Crippen LogP contribution in [0.1, 0.15) is 0 Å². The van der Waals surface area contributed by atoms with Crippen molar-refractivity contribution in [1.29, 1.82) is 0 Å². The second kappa shape index (κ2) is 5.04. The number of aromatic nitrogens is 2. The molecule has 0 aliphatic rings. The normalized spacial score (nSPS) is 10.4. The molecule has 0 aliphatic heterocycles. The number of nitrogens with zero attached hydrogens (tertiary/aromatic N) is 2. The predicted molar refractivity (Wildman–Crippen MR) is 66.7 cm³/mol. The summed E-state index contributed by atoms with van der Waals surface area (Å²) in [6.45, 7) is 0. The zero-order valence-corrected chi connectivity index (χ0v) is 10.5. The van der Waals surface area contributed by atoms with E-state index in [2.05, 4.69) is 15.3 Å². The molecular weight excluding hydrogens is 287 g/mol. The highest BCUT2D eigenvalue weighted by Crippen LogP contribution is 2.28. The second-order valence-corrected chi connectivity index (χ2v) is 4.24. The van der Waals surface area contributed by atoms with Crippen molar-refractivity contribution in [3.63, 3.8) is 0 Å². The summed E-state index contributed by atoms with van der Waals surface area (Å²) in [4.78, 5) is 7.57. The molecule has 0 saturated carbocycles. The zero-order valence-electron chi connectivity index (χ0n) is 8.22. The van der Waals surface area contributed by atoms with Crippen LogP contribution in [0.25, 0.3) is 0 Å². The lowest BCUT2D eigenvalue weighted by Gasteiger charge is -2.08. The van der Waals surface area contributed by atoms with Crippen molar-refractivity contribution >= 4 is 46.3 Å². The molecule has 0 saturated heterocycles. The van der Waals surface area contributed by atoms with E-state index in [1.165, 1.54) is 24.4 Å². The number of hydrogen-bond donors (Lipinski definition) is 1. The van der Waals surface area contributed by atoms with Crippen LogP contribution in [0.5, 0.6) is 0 Å². The Morgan fingerprint density at radius 2 is 1.88 bits per heavy atom. The van der Waals surface area contributed by atoms with Crippen molar-refractivity contribution in [2.45, 2.75) is 0 Å². The average Bonchev–Trinajstić information content (AvgIpc) is 2.28. The fourth-order valence-electron chi connectivity index (χ4n) is 1.15. The van der Waals surface area contributed by atoms with Gasteiger partial charge in [0.05, 0.1) is 16.9 Å². The Labute approximate surface area is 112 Å². The Morgan fingerprint density at radius 1 is 1.12 bits per heavy atom.